The van der Waals surface area contributed by atoms with Gasteiger partial charge in [0.2, 0.25) is 0 Å². The number of aliphatic hydroxyl groups is 1. The number of benzene rings is 2. The second kappa shape index (κ2) is 11.3. The summed E-state index contributed by atoms with van der Waals surface area (Å²) in [6.07, 6.45) is -0.00458. The van der Waals surface area contributed by atoms with E-state index in [-0.39, 0.29) is 28.9 Å². The fraction of sp³-hybridized carbons (Fsp3) is 0.407. The number of likely N-dealkylation sites (N-methyl/N-ethyl adjacent to an activating group) is 1. The van der Waals surface area contributed by atoms with Gasteiger partial charge in [-0.25, -0.2) is 0 Å². The van der Waals surface area contributed by atoms with Crippen molar-refractivity contribution in [3.8, 4) is 17.2 Å². The largest absolute Gasteiger partial charge is 0.507 e. The highest BCUT2D eigenvalue weighted by atomic mass is 16.5. The van der Waals surface area contributed by atoms with Crippen LogP contribution in [0, 0.1) is 0 Å². The van der Waals surface area contributed by atoms with Crippen LogP contribution in [-0.2, 0) is 9.59 Å². The lowest BCUT2D eigenvalue weighted by molar-refractivity contribution is -0.140. The Hall–Kier alpha value is -3.52. The van der Waals surface area contributed by atoms with Gasteiger partial charge in [0, 0.05) is 18.7 Å². The average molecular weight is 483 g/mol. The minimum Gasteiger partial charge on any atom is -0.507 e. The number of amides is 1. The van der Waals surface area contributed by atoms with Crippen LogP contribution in [0.3, 0.4) is 0 Å². The lowest BCUT2D eigenvalue weighted by Gasteiger charge is -2.28. The van der Waals surface area contributed by atoms with Gasteiger partial charge in [-0.2, -0.15) is 0 Å². The summed E-state index contributed by atoms with van der Waals surface area (Å²) in [6.45, 7) is 10.4. The van der Waals surface area contributed by atoms with Gasteiger partial charge in [0.1, 0.15) is 11.5 Å². The summed E-state index contributed by atoms with van der Waals surface area (Å²) < 4.78 is 10.9. The summed E-state index contributed by atoms with van der Waals surface area (Å²) in [5.41, 5.74) is 0.957. The van der Waals surface area contributed by atoms with Gasteiger partial charge in [-0.15, -0.1) is 0 Å². The molecule has 0 radical (unpaired) electrons. The maximum Gasteiger partial charge on any atom is 0.295 e. The van der Waals surface area contributed by atoms with E-state index in [9.17, 15) is 19.8 Å². The summed E-state index contributed by atoms with van der Waals surface area (Å²) in [5, 5.41) is 21.3. The fourth-order valence-electron chi connectivity index (χ4n) is 4.23. The van der Waals surface area contributed by atoms with Gasteiger partial charge in [0.25, 0.3) is 11.7 Å². The van der Waals surface area contributed by atoms with Crippen LogP contribution in [0.4, 0.5) is 0 Å². The minimum absolute atomic E-state index is 0.000169. The third kappa shape index (κ3) is 5.59. The smallest absolute Gasteiger partial charge is 0.295 e. The van der Waals surface area contributed by atoms with Crippen molar-refractivity contribution in [2.24, 2.45) is 0 Å². The molecule has 1 aliphatic heterocycles. The minimum atomic E-state index is -0.827. The van der Waals surface area contributed by atoms with E-state index in [1.807, 2.05) is 27.7 Å². The van der Waals surface area contributed by atoms with Crippen molar-refractivity contribution in [3.05, 3.63) is 59.2 Å². The molecule has 8 heteroatoms. The molecule has 0 spiro atoms. The molecule has 0 aliphatic carbocycles. The Morgan fingerprint density at radius 2 is 1.74 bits per heavy atom. The van der Waals surface area contributed by atoms with Crippen LogP contribution in [-0.4, -0.2) is 71.1 Å². The molecule has 1 unspecified atom stereocenters. The number of carbonyl (C=O) groups is 2. The molecule has 1 amide bonds. The highest BCUT2D eigenvalue weighted by molar-refractivity contribution is 6.46. The Balaban J connectivity index is 2.09. The van der Waals surface area contributed by atoms with Gasteiger partial charge in [-0.05, 0) is 68.9 Å². The number of ether oxygens (including phenoxy) is 2. The van der Waals surface area contributed by atoms with Crippen molar-refractivity contribution in [2.45, 2.75) is 39.8 Å². The number of phenolic OH excluding ortho intramolecular Hbond substituents is 1. The van der Waals surface area contributed by atoms with E-state index >= 15 is 0 Å². The maximum absolute atomic E-state index is 13.2. The zero-order valence-electron chi connectivity index (χ0n) is 20.9. The van der Waals surface area contributed by atoms with Crippen LogP contribution in [0.25, 0.3) is 5.76 Å². The van der Waals surface area contributed by atoms with Crippen LogP contribution < -0.4 is 9.47 Å². The third-order valence-corrected chi connectivity index (χ3v) is 6.11. The molecule has 1 atom stereocenters. The van der Waals surface area contributed by atoms with Crippen LogP contribution >= 0.6 is 0 Å². The Kier molecular flexibility index (Phi) is 8.40. The summed E-state index contributed by atoms with van der Waals surface area (Å²) in [5.74, 6) is -0.890. The molecule has 0 aromatic heterocycles. The Morgan fingerprint density at radius 1 is 1.09 bits per heavy atom. The first kappa shape index (κ1) is 26.1. The maximum atomic E-state index is 13.2. The first-order valence-electron chi connectivity index (χ1n) is 11.9. The lowest BCUT2D eigenvalue weighted by Crippen LogP contribution is -2.38. The quantitative estimate of drug-likeness (QED) is 0.300. The van der Waals surface area contributed by atoms with Gasteiger partial charge in [-0.3, -0.25) is 9.59 Å². The lowest BCUT2D eigenvalue weighted by atomic mass is 9.95. The van der Waals surface area contributed by atoms with Crippen LogP contribution in [0.1, 0.15) is 44.9 Å². The topological polar surface area (TPSA) is 99.5 Å². The van der Waals surface area contributed by atoms with Gasteiger partial charge in [-0.1, -0.05) is 19.9 Å². The number of aromatic hydroxyl groups is 1. The van der Waals surface area contributed by atoms with E-state index in [2.05, 4.69) is 4.90 Å². The molecule has 2 N–H and O–H groups in total. The number of methoxy groups -OCH3 is 1. The molecule has 1 saturated heterocycles. The first-order valence-corrected chi connectivity index (χ1v) is 11.9. The van der Waals surface area contributed by atoms with Crippen LogP contribution in [0.5, 0.6) is 17.2 Å². The predicted molar refractivity (Wildman–Crippen MR) is 134 cm³/mol. The SMILES string of the molecule is CCN(CC)CCN1C(=O)C(=O)C(=C(O)c2ccc(OC(C)C)cc2)C1c1ccc(O)c(OC)c1. The summed E-state index contributed by atoms with van der Waals surface area (Å²) in [6, 6.07) is 10.6. The van der Waals surface area contributed by atoms with Gasteiger partial charge in [0.05, 0.1) is 24.8 Å². The fourth-order valence-corrected chi connectivity index (χ4v) is 4.23. The number of nitrogens with zero attached hydrogens (tertiary/aromatic N) is 2. The Bertz CT molecular complexity index is 1090. The second-order valence-electron chi connectivity index (χ2n) is 8.64. The zero-order chi connectivity index (χ0) is 25.7. The number of hydrogen-bond donors (Lipinski definition) is 2. The number of phenols is 1. The number of rotatable bonds is 10. The van der Waals surface area contributed by atoms with E-state index in [0.29, 0.717) is 30.0 Å². The van der Waals surface area contributed by atoms with Crippen molar-refractivity contribution in [3.63, 3.8) is 0 Å². The zero-order valence-corrected chi connectivity index (χ0v) is 20.9. The van der Waals surface area contributed by atoms with E-state index < -0.39 is 17.7 Å². The third-order valence-electron chi connectivity index (χ3n) is 6.11. The van der Waals surface area contributed by atoms with Crippen LogP contribution in [0.2, 0.25) is 0 Å². The average Bonchev–Trinajstić information content (AvgIpc) is 3.09. The van der Waals surface area contributed by atoms with Crippen molar-refractivity contribution in [1.29, 1.82) is 0 Å². The molecule has 8 nitrogen and oxygen atoms in total. The van der Waals surface area contributed by atoms with E-state index in [1.54, 1.807) is 36.4 Å². The Morgan fingerprint density at radius 3 is 2.31 bits per heavy atom. The number of ketones is 1. The van der Waals surface area contributed by atoms with Crippen molar-refractivity contribution < 1.29 is 29.3 Å². The number of carbonyl (C=O) groups excluding carboxylic acids is 2. The predicted octanol–water partition coefficient (Wildman–Crippen LogP) is 3.95. The molecule has 3 rings (SSSR count). The molecule has 35 heavy (non-hydrogen) atoms. The number of aliphatic hydroxyl groups excluding tert-OH is 1. The number of hydrogen-bond acceptors (Lipinski definition) is 7. The molecule has 1 fully saturated rings. The normalized spacial score (nSPS) is 17.5. The van der Waals surface area contributed by atoms with Crippen molar-refractivity contribution in [2.75, 3.05) is 33.3 Å². The molecule has 0 saturated carbocycles. The number of likely N-dealkylation sites (tertiary alicyclic amines) is 1. The molecule has 1 heterocycles. The van der Waals surface area contributed by atoms with Crippen LogP contribution in [0.15, 0.2) is 48.0 Å². The first-order chi connectivity index (χ1) is 16.7. The van der Waals surface area contributed by atoms with E-state index in [4.69, 9.17) is 9.47 Å². The molecule has 2 aromatic rings. The molecule has 2 aromatic carbocycles. The second-order valence-corrected chi connectivity index (χ2v) is 8.64. The van der Waals surface area contributed by atoms with Crippen molar-refractivity contribution in [1.82, 2.24) is 9.80 Å². The molecule has 0 bridgehead atoms. The molecular weight excluding hydrogens is 448 g/mol. The highest BCUT2D eigenvalue weighted by Gasteiger charge is 2.46. The van der Waals surface area contributed by atoms with E-state index in [0.717, 1.165) is 13.1 Å². The summed E-state index contributed by atoms with van der Waals surface area (Å²) >= 11 is 0. The van der Waals surface area contributed by atoms with Gasteiger partial charge >= 0.3 is 0 Å². The monoisotopic (exact) mass is 482 g/mol. The van der Waals surface area contributed by atoms with E-state index in [1.165, 1.54) is 18.1 Å². The van der Waals surface area contributed by atoms with Gasteiger partial charge < -0.3 is 29.5 Å². The molecule has 1 aliphatic rings. The van der Waals surface area contributed by atoms with Gasteiger partial charge in [0.15, 0.2) is 11.5 Å². The number of Topliss-reactive ketones (excluding diaryl/α,β-unsaturated/α-hetero) is 1. The highest BCUT2D eigenvalue weighted by Crippen LogP contribution is 2.41. The Labute approximate surface area is 206 Å². The summed E-state index contributed by atoms with van der Waals surface area (Å²) in [7, 11) is 1.43. The molecule has 188 valence electrons. The summed E-state index contributed by atoms with van der Waals surface area (Å²) in [4.78, 5) is 30.0. The van der Waals surface area contributed by atoms with Crippen molar-refractivity contribution >= 4 is 17.4 Å². The molecular formula is C27H34N2O6. The standard InChI is InChI=1S/C27H34N2O6/c1-6-28(7-2)14-15-29-24(19-10-13-21(30)22(16-19)34-5)23(26(32)27(29)33)25(31)18-8-11-20(12-9-18)35-17(3)4/h8-13,16-17,24,30-31H,6-7,14-15H2,1-5H3.